The second kappa shape index (κ2) is 9.89. The van der Waals surface area contributed by atoms with Crippen LogP contribution in [0.1, 0.15) is 27.7 Å². The van der Waals surface area contributed by atoms with Crippen LogP contribution in [0.5, 0.6) is 0 Å². The van der Waals surface area contributed by atoms with E-state index in [1.807, 2.05) is 20.8 Å². The van der Waals surface area contributed by atoms with Crippen LogP contribution in [-0.2, 0) is 28.5 Å². The molecule has 0 aromatic rings. The highest BCUT2D eigenvalue weighted by molar-refractivity contribution is 7.16. The Kier molecular flexibility index (Phi) is 8.39. The highest BCUT2D eigenvalue weighted by Gasteiger charge is 2.50. The molecule has 0 aliphatic carbocycles. The van der Waals surface area contributed by atoms with Gasteiger partial charge in [0.15, 0.2) is 18.7 Å². The zero-order valence-corrected chi connectivity index (χ0v) is 17.2. The molecule has 0 aromatic carbocycles. The summed E-state index contributed by atoms with van der Waals surface area (Å²) in [6, 6.07) is 0. The van der Waals surface area contributed by atoms with Crippen LogP contribution in [0.15, 0.2) is 0 Å². The molecule has 0 aromatic heterocycles. The van der Waals surface area contributed by atoms with Crippen LogP contribution in [0.25, 0.3) is 0 Å². The van der Waals surface area contributed by atoms with Gasteiger partial charge in [-0.2, -0.15) is 0 Å². The van der Waals surface area contributed by atoms with Crippen molar-refractivity contribution in [1.29, 1.82) is 0 Å². The summed E-state index contributed by atoms with van der Waals surface area (Å²) in [5, 5.41) is 30.0. The Hall–Kier alpha value is -0.380. The highest BCUT2D eigenvalue weighted by atomic mass is 31.0. The van der Waals surface area contributed by atoms with Crippen molar-refractivity contribution >= 4 is 15.2 Å². The molecule has 2 aliphatic rings. The monoisotopic (exact) mass is 410 g/mol. The molecule has 0 bridgehead atoms. The SMILES string of the molecule is CC(=O)OC1[C@H](OC2[C@H](OCP)OC(CO)[C@@H](O)[C@@H]2O)OC(C)[C@H](C)[C@@H]1C. The molecule has 2 heterocycles. The first-order valence-electron chi connectivity index (χ1n) is 9.13. The molecular weight excluding hydrogens is 379 g/mol. The van der Waals surface area contributed by atoms with Gasteiger partial charge in [0.2, 0.25) is 0 Å². The Morgan fingerprint density at radius 2 is 1.70 bits per heavy atom. The van der Waals surface area contributed by atoms with Crippen molar-refractivity contribution in [2.75, 3.05) is 13.0 Å². The van der Waals surface area contributed by atoms with Crippen molar-refractivity contribution in [3.05, 3.63) is 0 Å². The van der Waals surface area contributed by atoms with Crippen LogP contribution in [0.2, 0.25) is 0 Å². The Bertz CT molecular complexity index is 493. The summed E-state index contributed by atoms with van der Waals surface area (Å²) in [6.07, 6.45) is -7.53. The number of hydrogen-bond donors (Lipinski definition) is 3. The van der Waals surface area contributed by atoms with Gasteiger partial charge < -0.3 is 39.0 Å². The van der Waals surface area contributed by atoms with E-state index in [2.05, 4.69) is 9.24 Å². The maximum absolute atomic E-state index is 11.5. The number of esters is 1. The van der Waals surface area contributed by atoms with Crippen LogP contribution in [0.4, 0.5) is 0 Å². The smallest absolute Gasteiger partial charge is 0.303 e. The fourth-order valence-electron chi connectivity index (χ4n) is 3.44. The van der Waals surface area contributed by atoms with E-state index in [0.29, 0.717) is 0 Å². The summed E-state index contributed by atoms with van der Waals surface area (Å²) >= 11 is 0. The molecule has 10 heteroatoms. The second-order valence-corrected chi connectivity index (χ2v) is 7.48. The molecule has 0 spiro atoms. The lowest BCUT2D eigenvalue weighted by Crippen LogP contribution is -2.62. The quantitative estimate of drug-likeness (QED) is 0.397. The van der Waals surface area contributed by atoms with Gasteiger partial charge in [0.25, 0.3) is 0 Å². The van der Waals surface area contributed by atoms with Gasteiger partial charge in [0.05, 0.1) is 19.1 Å². The van der Waals surface area contributed by atoms with Crippen molar-refractivity contribution < 1.29 is 43.8 Å². The number of carbonyl (C=O) groups excluding carboxylic acids is 1. The van der Waals surface area contributed by atoms with Crippen molar-refractivity contribution in [3.8, 4) is 0 Å². The second-order valence-electron chi connectivity index (χ2n) is 7.14. The number of aliphatic hydroxyl groups excluding tert-OH is 3. The molecule has 2 saturated heterocycles. The average molecular weight is 410 g/mol. The molecule has 0 saturated carbocycles. The van der Waals surface area contributed by atoms with Crippen molar-refractivity contribution in [1.82, 2.24) is 0 Å². The van der Waals surface area contributed by atoms with Crippen molar-refractivity contribution in [3.63, 3.8) is 0 Å². The van der Waals surface area contributed by atoms with E-state index in [-0.39, 0.29) is 24.3 Å². The Morgan fingerprint density at radius 3 is 2.26 bits per heavy atom. The maximum atomic E-state index is 11.5. The minimum atomic E-state index is -1.39. The molecule has 158 valence electrons. The minimum absolute atomic E-state index is 0.0551. The molecule has 0 amide bonds. The number of ether oxygens (including phenoxy) is 5. The molecule has 2 fully saturated rings. The van der Waals surface area contributed by atoms with Crippen LogP contribution in [-0.4, -0.2) is 83.4 Å². The molecular formula is C17H31O9P. The fraction of sp³-hybridized carbons (Fsp3) is 0.941. The van der Waals surface area contributed by atoms with Gasteiger partial charge >= 0.3 is 5.97 Å². The van der Waals surface area contributed by atoms with Crippen molar-refractivity contribution in [2.45, 2.75) is 76.9 Å². The molecule has 5 unspecified atom stereocenters. The Labute approximate surface area is 161 Å². The topological polar surface area (TPSA) is 124 Å². The van der Waals surface area contributed by atoms with Crippen LogP contribution >= 0.6 is 9.24 Å². The summed E-state index contributed by atoms with van der Waals surface area (Å²) in [4.78, 5) is 11.5. The van der Waals surface area contributed by atoms with Gasteiger partial charge in [0, 0.05) is 12.8 Å². The van der Waals surface area contributed by atoms with Gasteiger partial charge in [-0.25, -0.2) is 0 Å². The zero-order chi connectivity index (χ0) is 20.3. The van der Waals surface area contributed by atoms with Crippen LogP contribution in [0, 0.1) is 11.8 Å². The van der Waals surface area contributed by atoms with E-state index >= 15 is 0 Å². The predicted octanol–water partition coefficient (Wildman–Crippen LogP) is -0.392. The van der Waals surface area contributed by atoms with Gasteiger partial charge in [-0.05, 0) is 12.8 Å². The average Bonchev–Trinajstić information content (AvgIpc) is 2.62. The van der Waals surface area contributed by atoms with Crippen LogP contribution < -0.4 is 0 Å². The fourth-order valence-corrected chi connectivity index (χ4v) is 3.63. The summed E-state index contributed by atoms with van der Waals surface area (Å²) in [6.45, 7) is 6.65. The lowest BCUT2D eigenvalue weighted by atomic mass is 9.84. The van der Waals surface area contributed by atoms with Crippen LogP contribution in [0.3, 0.4) is 0 Å². The standard InChI is InChI=1S/C17H31O9P/c1-7-8(2)14(24-10(4)19)17(23-9(7)3)26-15-13(21)12(20)11(5-18)25-16(15)22-6-27/h7-9,11-18,20-21H,5-6,27H2,1-4H3/t7-,8+,9?,11?,12-,13+,14?,15?,16-,17+/m1/s1. The van der Waals surface area contributed by atoms with Gasteiger partial charge in [-0.1, -0.05) is 13.8 Å². The Morgan fingerprint density at radius 1 is 1.04 bits per heavy atom. The van der Waals surface area contributed by atoms with Gasteiger partial charge in [-0.15, -0.1) is 9.24 Å². The minimum Gasteiger partial charge on any atom is -0.457 e. The molecule has 2 aliphatic heterocycles. The Balaban J connectivity index is 2.22. The van der Waals surface area contributed by atoms with E-state index in [4.69, 9.17) is 23.7 Å². The summed E-state index contributed by atoms with van der Waals surface area (Å²) in [5.41, 5.74) is 0. The molecule has 27 heavy (non-hydrogen) atoms. The summed E-state index contributed by atoms with van der Waals surface area (Å²) in [5.74, 6) is -0.407. The van der Waals surface area contributed by atoms with E-state index in [1.54, 1.807) is 0 Å². The first-order chi connectivity index (χ1) is 12.7. The van der Waals surface area contributed by atoms with Gasteiger partial charge in [-0.3, -0.25) is 4.79 Å². The van der Waals surface area contributed by atoms with E-state index < -0.39 is 55.7 Å². The van der Waals surface area contributed by atoms with E-state index in [0.717, 1.165) is 0 Å². The molecule has 2 rings (SSSR count). The summed E-state index contributed by atoms with van der Waals surface area (Å²) < 4.78 is 28.2. The normalized spacial score (nSPS) is 45.5. The van der Waals surface area contributed by atoms with Gasteiger partial charge in [0.1, 0.15) is 24.4 Å². The maximum Gasteiger partial charge on any atom is 0.303 e. The van der Waals surface area contributed by atoms with E-state index in [9.17, 15) is 20.1 Å². The van der Waals surface area contributed by atoms with E-state index in [1.165, 1.54) is 6.92 Å². The molecule has 9 nitrogen and oxygen atoms in total. The molecule has 11 atom stereocenters. The predicted molar refractivity (Wildman–Crippen MR) is 96.5 cm³/mol. The number of carbonyl (C=O) groups is 1. The summed E-state index contributed by atoms with van der Waals surface area (Å²) in [7, 11) is 2.36. The molecule has 0 radical (unpaired) electrons. The molecule has 3 N–H and O–H groups in total. The highest BCUT2D eigenvalue weighted by Crippen LogP contribution is 2.35. The lowest BCUT2D eigenvalue weighted by molar-refractivity contribution is -0.356. The number of rotatable bonds is 6. The number of aliphatic hydroxyl groups is 3. The first-order valence-corrected chi connectivity index (χ1v) is 9.95. The third kappa shape index (κ3) is 5.16. The third-order valence-corrected chi connectivity index (χ3v) is 5.58. The lowest BCUT2D eigenvalue weighted by Gasteiger charge is -2.47. The number of hydrogen-bond acceptors (Lipinski definition) is 9. The zero-order valence-electron chi connectivity index (χ0n) is 16.1. The third-order valence-electron chi connectivity index (χ3n) is 5.38. The first kappa shape index (κ1) is 22.9. The van der Waals surface area contributed by atoms with Crippen molar-refractivity contribution in [2.24, 2.45) is 11.8 Å². The largest absolute Gasteiger partial charge is 0.457 e.